The Balaban J connectivity index is 1.85. The van der Waals surface area contributed by atoms with Crippen LogP contribution in [0.15, 0.2) is 59.3 Å². The molecule has 0 N–H and O–H groups in total. The van der Waals surface area contributed by atoms with Gasteiger partial charge in [-0.05, 0) is 60.8 Å². The third-order valence-electron chi connectivity index (χ3n) is 6.13. The minimum Gasteiger partial charge on any atom is -0.494 e. The van der Waals surface area contributed by atoms with Crippen molar-refractivity contribution < 1.29 is 27.0 Å². The lowest BCUT2D eigenvalue weighted by molar-refractivity contribution is 0.391. The standard InChI is InChI=1S/C27H35N5O6S2/c1-35-21-9-7-10-22(36-2)25(21)32-26(23-11-8-16-38-23)29-30-27(32)31(15-18-39(4,5)6)40(33,34)17-14-20-12-13-24(37-3)28-19-20/h7-13,16,19H,14-15,17-18H2,1-6H3. The maximum absolute atomic E-state index is 14.1. The fourth-order valence-corrected chi connectivity index (χ4v) is 6.31. The average molecular weight is 590 g/mol. The molecule has 3 heterocycles. The first-order valence-corrected chi connectivity index (χ1v) is 17.1. The van der Waals surface area contributed by atoms with Crippen LogP contribution in [0.3, 0.4) is 0 Å². The summed E-state index contributed by atoms with van der Waals surface area (Å²) in [5, 5.41) is 8.80. The van der Waals surface area contributed by atoms with Crippen molar-refractivity contribution in [2.45, 2.75) is 6.42 Å². The number of rotatable bonds is 13. The molecule has 1 aromatic carbocycles. The molecule has 0 fully saturated rings. The summed E-state index contributed by atoms with van der Waals surface area (Å²) < 4.78 is 53.2. The van der Waals surface area contributed by atoms with Crippen LogP contribution in [0.5, 0.6) is 17.4 Å². The number of anilines is 1. The van der Waals surface area contributed by atoms with Gasteiger partial charge in [0.25, 0.3) is 0 Å². The molecule has 0 spiro atoms. The van der Waals surface area contributed by atoms with E-state index in [2.05, 4.69) is 33.9 Å². The first kappa shape index (κ1) is 29.3. The quantitative estimate of drug-likeness (QED) is 0.228. The minimum absolute atomic E-state index is 0.116. The molecule has 0 atom stereocenters. The topological polar surface area (TPSA) is 122 Å². The molecule has 0 aliphatic rings. The van der Waals surface area contributed by atoms with E-state index in [0.717, 1.165) is 5.56 Å². The molecule has 40 heavy (non-hydrogen) atoms. The molecular formula is C27H35N5O6S2. The Kier molecular flexibility index (Phi) is 8.94. The van der Waals surface area contributed by atoms with Crippen molar-refractivity contribution in [2.24, 2.45) is 0 Å². The van der Waals surface area contributed by atoms with Crippen LogP contribution in [0, 0.1) is 0 Å². The second-order valence-electron chi connectivity index (χ2n) is 9.79. The molecule has 0 amide bonds. The number of sulfonamides is 1. The zero-order valence-electron chi connectivity index (χ0n) is 23.5. The summed E-state index contributed by atoms with van der Waals surface area (Å²) in [6.07, 6.45) is 9.83. The van der Waals surface area contributed by atoms with Crippen LogP contribution in [0.2, 0.25) is 0 Å². The van der Waals surface area contributed by atoms with Crippen LogP contribution in [0.25, 0.3) is 17.3 Å². The number of methoxy groups -OCH3 is 3. The van der Waals surface area contributed by atoms with E-state index in [9.17, 15) is 8.42 Å². The Morgan fingerprint density at radius 2 is 1.62 bits per heavy atom. The Hall–Kier alpha value is -3.71. The van der Waals surface area contributed by atoms with Gasteiger partial charge in [0.15, 0.2) is 5.76 Å². The van der Waals surface area contributed by atoms with Gasteiger partial charge in [0.1, 0.15) is 17.2 Å². The molecule has 0 saturated carbocycles. The molecule has 13 heteroatoms. The van der Waals surface area contributed by atoms with Crippen molar-refractivity contribution >= 4 is 26.0 Å². The third-order valence-corrected chi connectivity index (χ3v) is 9.28. The maximum atomic E-state index is 14.1. The van der Waals surface area contributed by atoms with Crippen molar-refractivity contribution in [1.29, 1.82) is 0 Å². The van der Waals surface area contributed by atoms with Gasteiger partial charge >= 0.3 is 0 Å². The molecule has 3 aromatic heterocycles. The molecule has 4 aromatic rings. The van der Waals surface area contributed by atoms with Gasteiger partial charge in [-0.15, -0.1) is 10.2 Å². The van der Waals surface area contributed by atoms with E-state index in [0.29, 0.717) is 40.4 Å². The lowest BCUT2D eigenvalue weighted by Crippen LogP contribution is -2.38. The van der Waals surface area contributed by atoms with Crippen molar-refractivity contribution in [2.75, 3.05) is 62.5 Å². The van der Waals surface area contributed by atoms with Gasteiger partial charge < -0.3 is 18.6 Å². The molecule has 0 radical (unpaired) electrons. The number of aromatic nitrogens is 4. The number of nitrogens with zero attached hydrogens (tertiary/aromatic N) is 5. The zero-order valence-corrected chi connectivity index (χ0v) is 25.2. The van der Waals surface area contributed by atoms with Gasteiger partial charge in [-0.3, -0.25) is 4.57 Å². The van der Waals surface area contributed by atoms with Crippen molar-refractivity contribution in [1.82, 2.24) is 19.7 Å². The number of para-hydroxylation sites is 1. The van der Waals surface area contributed by atoms with Gasteiger partial charge in [-0.25, -0.2) is 27.7 Å². The lowest BCUT2D eigenvalue weighted by atomic mass is 10.2. The number of benzene rings is 1. The predicted molar refractivity (Wildman–Crippen MR) is 158 cm³/mol. The monoisotopic (exact) mass is 589 g/mol. The second-order valence-corrected chi connectivity index (χ2v) is 16.4. The summed E-state index contributed by atoms with van der Waals surface area (Å²) >= 11 is 0. The summed E-state index contributed by atoms with van der Waals surface area (Å²) in [6, 6.07) is 12.3. The Labute approximate surface area is 236 Å². The summed E-state index contributed by atoms with van der Waals surface area (Å²) in [6.45, 7) is 0.218. The third kappa shape index (κ3) is 6.53. The van der Waals surface area contributed by atoms with Gasteiger partial charge in [0.2, 0.25) is 27.7 Å². The highest BCUT2D eigenvalue weighted by Gasteiger charge is 2.33. The molecule has 11 nitrogen and oxygen atoms in total. The van der Waals surface area contributed by atoms with E-state index in [1.54, 1.807) is 47.2 Å². The number of pyridine rings is 1. The SMILES string of the molecule is COc1ccc(CCS(=O)(=O)N(CCS(C)(C)C)c2nnc(-c3ccco3)n2-c2c(OC)cccc2OC)cn1. The van der Waals surface area contributed by atoms with Gasteiger partial charge in [-0.2, -0.15) is 0 Å². The molecule has 0 aliphatic carbocycles. The highest BCUT2D eigenvalue weighted by molar-refractivity contribution is 8.32. The zero-order chi connectivity index (χ0) is 28.9. The number of furan rings is 1. The molecule has 4 rings (SSSR count). The molecule has 0 aliphatic heterocycles. The van der Waals surface area contributed by atoms with Crippen LogP contribution in [-0.2, 0) is 16.4 Å². The van der Waals surface area contributed by atoms with E-state index >= 15 is 0 Å². The van der Waals surface area contributed by atoms with E-state index in [1.165, 1.54) is 31.9 Å². The fraction of sp³-hybridized carbons (Fsp3) is 0.370. The number of ether oxygens (including phenoxy) is 3. The average Bonchev–Trinajstić information content (AvgIpc) is 3.61. The van der Waals surface area contributed by atoms with Crippen molar-refractivity contribution in [3.8, 4) is 34.7 Å². The van der Waals surface area contributed by atoms with Crippen LogP contribution in [0.4, 0.5) is 5.95 Å². The van der Waals surface area contributed by atoms with Gasteiger partial charge in [-0.1, -0.05) is 12.1 Å². The second kappa shape index (κ2) is 12.2. The van der Waals surface area contributed by atoms with Gasteiger partial charge in [0.05, 0.1) is 33.3 Å². The lowest BCUT2D eigenvalue weighted by Gasteiger charge is -2.30. The molecule has 216 valence electrons. The minimum atomic E-state index is -3.88. The Morgan fingerprint density at radius 3 is 2.17 bits per heavy atom. The summed E-state index contributed by atoms with van der Waals surface area (Å²) in [4.78, 5) is 4.20. The number of hydrogen-bond donors (Lipinski definition) is 0. The van der Waals surface area contributed by atoms with E-state index in [1.807, 2.05) is 6.07 Å². The van der Waals surface area contributed by atoms with E-state index < -0.39 is 20.1 Å². The molecular weight excluding hydrogens is 554 g/mol. The first-order valence-electron chi connectivity index (χ1n) is 12.4. The molecule has 0 unspecified atom stereocenters. The Bertz CT molecular complexity index is 1490. The fourth-order valence-electron chi connectivity index (χ4n) is 4.02. The maximum Gasteiger partial charge on any atom is 0.246 e. The molecule has 0 saturated heterocycles. The largest absolute Gasteiger partial charge is 0.494 e. The van der Waals surface area contributed by atoms with Crippen molar-refractivity contribution in [3.05, 3.63) is 60.5 Å². The summed E-state index contributed by atoms with van der Waals surface area (Å²) in [5.74, 6) is 2.71. The van der Waals surface area contributed by atoms with Gasteiger partial charge in [0, 0.05) is 18.8 Å². The van der Waals surface area contributed by atoms with Crippen LogP contribution in [-0.4, -0.2) is 86.3 Å². The summed E-state index contributed by atoms with van der Waals surface area (Å²) in [7, 11) is -0.335. The first-order chi connectivity index (χ1) is 19.1. The Morgan fingerprint density at radius 1 is 0.900 bits per heavy atom. The smallest absolute Gasteiger partial charge is 0.246 e. The van der Waals surface area contributed by atoms with E-state index in [4.69, 9.17) is 18.6 Å². The van der Waals surface area contributed by atoms with E-state index in [-0.39, 0.29) is 24.7 Å². The summed E-state index contributed by atoms with van der Waals surface area (Å²) in [5.41, 5.74) is 1.23. The highest BCUT2D eigenvalue weighted by Crippen LogP contribution is 2.40. The van der Waals surface area contributed by atoms with Crippen molar-refractivity contribution in [3.63, 3.8) is 0 Å². The number of aryl methyl sites for hydroxylation is 1. The number of hydrogen-bond acceptors (Lipinski definition) is 9. The predicted octanol–water partition coefficient (Wildman–Crippen LogP) is 4.02. The normalized spacial score (nSPS) is 12.2. The van der Waals surface area contributed by atoms with Crippen LogP contribution >= 0.6 is 10.0 Å². The van der Waals surface area contributed by atoms with Crippen LogP contribution in [0.1, 0.15) is 5.56 Å². The van der Waals surface area contributed by atoms with Crippen LogP contribution < -0.4 is 18.5 Å². The molecule has 0 bridgehead atoms. The highest BCUT2D eigenvalue weighted by atomic mass is 32.3.